The van der Waals surface area contributed by atoms with Crippen LogP contribution in [0.25, 0.3) is 0 Å². The van der Waals surface area contributed by atoms with Crippen LogP contribution in [0.15, 0.2) is 0 Å². The van der Waals surface area contributed by atoms with E-state index in [1.165, 1.54) is 13.0 Å². The minimum atomic E-state index is 0.408. The normalized spacial score (nSPS) is 30.6. The van der Waals surface area contributed by atoms with Crippen molar-refractivity contribution in [3.8, 4) is 0 Å². The van der Waals surface area contributed by atoms with Crippen molar-refractivity contribution < 1.29 is 4.74 Å². The number of ether oxygens (including phenoxy) is 1. The second-order valence-corrected chi connectivity index (χ2v) is 5.80. The summed E-state index contributed by atoms with van der Waals surface area (Å²) in [6.45, 7) is 14.5. The van der Waals surface area contributed by atoms with Crippen LogP contribution in [0.5, 0.6) is 0 Å². The number of nitrogens with zero attached hydrogens (tertiary/aromatic N) is 1. The van der Waals surface area contributed by atoms with Gasteiger partial charge in [0, 0.05) is 12.6 Å². The SMILES string of the molecule is C[C@H]1CN(CCC(C)(C)C)[C@@H](C)CO1. The van der Waals surface area contributed by atoms with Gasteiger partial charge in [-0.3, -0.25) is 4.90 Å². The largest absolute Gasteiger partial charge is 0.376 e. The summed E-state index contributed by atoms with van der Waals surface area (Å²) in [5, 5.41) is 0. The molecule has 1 rings (SSSR count). The lowest BCUT2D eigenvalue weighted by Gasteiger charge is -2.38. The molecular weight excluding hydrogens is 174 g/mol. The molecule has 1 aliphatic rings. The van der Waals surface area contributed by atoms with Crippen molar-refractivity contribution in [2.45, 2.75) is 53.2 Å². The van der Waals surface area contributed by atoms with Crippen LogP contribution in [0.3, 0.4) is 0 Å². The van der Waals surface area contributed by atoms with Gasteiger partial charge in [-0.05, 0) is 32.2 Å². The second kappa shape index (κ2) is 4.63. The summed E-state index contributed by atoms with van der Waals surface area (Å²) in [6.07, 6.45) is 1.68. The number of morpholine rings is 1. The number of hydrogen-bond donors (Lipinski definition) is 0. The fourth-order valence-electron chi connectivity index (χ4n) is 1.76. The van der Waals surface area contributed by atoms with Gasteiger partial charge in [0.1, 0.15) is 0 Å². The maximum absolute atomic E-state index is 5.61. The van der Waals surface area contributed by atoms with E-state index in [-0.39, 0.29) is 0 Å². The van der Waals surface area contributed by atoms with Gasteiger partial charge in [-0.1, -0.05) is 20.8 Å². The highest BCUT2D eigenvalue weighted by molar-refractivity contribution is 4.76. The molecule has 0 N–H and O–H groups in total. The third kappa shape index (κ3) is 3.97. The molecule has 0 aromatic heterocycles. The molecule has 0 amide bonds. The molecule has 1 heterocycles. The minimum absolute atomic E-state index is 0.408. The van der Waals surface area contributed by atoms with Crippen molar-refractivity contribution in [1.29, 1.82) is 0 Å². The Morgan fingerprint density at radius 1 is 1.29 bits per heavy atom. The minimum Gasteiger partial charge on any atom is -0.376 e. The molecule has 0 aromatic carbocycles. The Bertz CT molecular complexity index is 174. The lowest BCUT2D eigenvalue weighted by molar-refractivity contribution is -0.0518. The molecule has 2 nitrogen and oxygen atoms in total. The topological polar surface area (TPSA) is 12.5 Å². The van der Waals surface area contributed by atoms with Gasteiger partial charge in [-0.15, -0.1) is 0 Å². The van der Waals surface area contributed by atoms with Crippen LogP contribution in [-0.2, 0) is 4.74 Å². The monoisotopic (exact) mass is 199 g/mol. The zero-order chi connectivity index (χ0) is 10.8. The molecule has 1 fully saturated rings. The predicted octanol–water partition coefficient (Wildman–Crippen LogP) is 2.53. The Morgan fingerprint density at radius 3 is 2.50 bits per heavy atom. The van der Waals surface area contributed by atoms with Crippen LogP contribution < -0.4 is 0 Å². The van der Waals surface area contributed by atoms with Crippen molar-refractivity contribution in [3.63, 3.8) is 0 Å². The van der Waals surface area contributed by atoms with Crippen LogP contribution in [0.4, 0.5) is 0 Å². The fraction of sp³-hybridized carbons (Fsp3) is 1.00. The Morgan fingerprint density at radius 2 is 1.93 bits per heavy atom. The molecule has 1 saturated heterocycles. The molecule has 0 saturated carbocycles. The molecule has 0 aliphatic carbocycles. The van der Waals surface area contributed by atoms with E-state index in [4.69, 9.17) is 4.74 Å². The van der Waals surface area contributed by atoms with E-state index in [9.17, 15) is 0 Å². The van der Waals surface area contributed by atoms with Crippen molar-refractivity contribution in [1.82, 2.24) is 4.90 Å². The quantitative estimate of drug-likeness (QED) is 0.677. The lowest BCUT2D eigenvalue weighted by Crippen LogP contribution is -2.48. The van der Waals surface area contributed by atoms with Gasteiger partial charge < -0.3 is 4.74 Å². The van der Waals surface area contributed by atoms with Crippen LogP contribution >= 0.6 is 0 Å². The van der Waals surface area contributed by atoms with E-state index < -0.39 is 0 Å². The summed E-state index contributed by atoms with van der Waals surface area (Å²) in [7, 11) is 0. The van der Waals surface area contributed by atoms with E-state index >= 15 is 0 Å². The first kappa shape index (κ1) is 12.0. The van der Waals surface area contributed by atoms with E-state index in [0.717, 1.165) is 13.2 Å². The Hall–Kier alpha value is -0.0800. The maximum Gasteiger partial charge on any atom is 0.0674 e. The molecule has 0 radical (unpaired) electrons. The summed E-state index contributed by atoms with van der Waals surface area (Å²) in [4.78, 5) is 2.55. The molecule has 0 aromatic rings. The smallest absolute Gasteiger partial charge is 0.0674 e. The summed E-state index contributed by atoms with van der Waals surface area (Å²) in [5.74, 6) is 0. The maximum atomic E-state index is 5.61. The van der Waals surface area contributed by atoms with Gasteiger partial charge in [-0.25, -0.2) is 0 Å². The van der Waals surface area contributed by atoms with Gasteiger partial charge in [0.05, 0.1) is 12.7 Å². The first-order valence-corrected chi connectivity index (χ1v) is 5.74. The average Bonchev–Trinajstić information content (AvgIpc) is 2.05. The summed E-state index contributed by atoms with van der Waals surface area (Å²) in [5.41, 5.74) is 0.446. The zero-order valence-electron chi connectivity index (χ0n) is 10.3. The molecule has 14 heavy (non-hydrogen) atoms. The number of rotatable bonds is 2. The molecule has 84 valence electrons. The molecule has 0 bridgehead atoms. The van der Waals surface area contributed by atoms with Crippen LogP contribution in [0.2, 0.25) is 0 Å². The Balaban J connectivity index is 2.35. The van der Waals surface area contributed by atoms with Crippen LogP contribution in [0.1, 0.15) is 41.0 Å². The highest BCUT2D eigenvalue weighted by Gasteiger charge is 2.24. The summed E-state index contributed by atoms with van der Waals surface area (Å²) < 4.78 is 5.61. The standard InChI is InChI=1S/C12H25NO/c1-10-9-14-11(2)8-13(10)7-6-12(3,4)5/h10-11H,6-9H2,1-5H3/t10-,11-/m0/s1. The molecule has 1 aliphatic heterocycles. The lowest BCUT2D eigenvalue weighted by atomic mass is 9.92. The van der Waals surface area contributed by atoms with Crippen molar-refractivity contribution >= 4 is 0 Å². The van der Waals surface area contributed by atoms with Gasteiger partial charge >= 0.3 is 0 Å². The van der Waals surface area contributed by atoms with Crippen LogP contribution in [0, 0.1) is 5.41 Å². The fourth-order valence-corrected chi connectivity index (χ4v) is 1.76. The number of hydrogen-bond acceptors (Lipinski definition) is 2. The van der Waals surface area contributed by atoms with Gasteiger partial charge in [0.25, 0.3) is 0 Å². The first-order chi connectivity index (χ1) is 6.38. The molecule has 0 spiro atoms. The van der Waals surface area contributed by atoms with E-state index in [1.54, 1.807) is 0 Å². The van der Waals surface area contributed by atoms with E-state index in [0.29, 0.717) is 17.6 Å². The molecule has 0 unspecified atom stereocenters. The van der Waals surface area contributed by atoms with E-state index in [1.807, 2.05) is 0 Å². The van der Waals surface area contributed by atoms with Crippen LogP contribution in [-0.4, -0.2) is 36.7 Å². The highest BCUT2D eigenvalue weighted by Crippen LogP contribution is 2.21. The van der Waals surface area contributed by atoms with Crippen molar-refractivity contribution in [2.75, 3.05) is 19.7 Å². The van der Waals surface area contributed by atoms with Gasteiger partial charge in [0.2, 0.25) is 0 Å². The first-order valence-electron chi connectivity index (χ1n) is 5.74. The Kier molecular flexibility index (Phi) is 3.96. The third-order valence-corrected chi connectivity index (χ3v) is 2.89. The zero-order valence-corrected chi connectivity index (χ0v) is 10.3. The van der Waals surface area contributed by atoms with Gasteiger partial charge in [0.15, 0.2) is 0 Å². The predicted molar refractivity (Wildman–Crippen MR) is 60.5 cm³/mol. The molecular formula is C12H25NO. The Labute approximate surface area is 88.6 Å². The average molecular weight is 199 g/mol. The second-order valence-electron chi connectivity index (χ2n) is 5.80. The van der Waals surface area contributed by atoms with E-state index in [2.05, 4.69) is 39.5 Å². The highest BCUT2D eigenvalue weighted by atomic mass is 16.5. The summed E-state index contributed by atoms with van der Waals surface area (Å²) in [6, 6.07) is 0.591. The van der Waals surface area contributed by atoms with Crippen molar-refractivity contribution in [3.05, 3.63) is 0 Å². The molecule has 2 atom stereocenters. The molecule has 2 heteroatoms. The third-order valence-electron chi connectivity index (χ3n) is 2.89. The van der Waals surface area contributed by atoms with Gasteiger partial charge in [-0.2, -0.15) is 0 Å². The van der Waals surface area contributed by atoms with Crippen molar-refractivity contribution in [2.24, 2.45) is 5.41 Å². The summed E-state index contributed by atoms with van der Waals surface area (Å²) >= 11 is 0.